The van der Waals surface area contributed by atoms with Gasteiger partial charge >= 0.3 is 0 Å². The molecule has 1 aromatic heterocycles. The molecule has 112 valence electrons. The fourth-order valence-electron chi connectivity index (χ4n) is 2.91. The molecule has 0 N–H and O–H groups in total. The Labute approximate surface area is 129 Å². The highest BCUT2D eigenvalue weighted by Crippen LogP contribution is 2.29. The van der Waals surface area contributed by atoms with Gasteiger partial charge in [-0.3, -0.25) is 0 Å². The molecule has 2 aromatic rings. The maximum absolute atomic E-state index is 12.8. The monoisotopic (exact) mass is 324 g/mol. The molecule has 0 amide bonds. The van der Waals surface area contributed by atoms with Crippen LogP contribution in [0.25, 0.3) is 10.9 Å². The minimum Gasteiger partial charge on any atom is -0.236 e. The molecule has 0 bridgehead atoms. The number of sulfonamides is 1. The first kappa shape index (κ1) is 14.8. The SMILES string of the molecule is CCC1CCCN1S(=O)(=O)c1ccc2nc(Cl)ccc2c1. The molecule has 1 saturated heterocycles. The van der Waals surface area contributed by atoms with Crippen molar-refractivity contribution in [2.45, 2.75) is 37.1 Å². The molecule has 1 aromatic carbocycles. The predicted molar refractivity (Wildman–Crippen MR) is 84.0 cm³/mol. The summed E-state index contributed by atoms with van der Waals surface area (Å²) in [5, 5.41) is 1.19. The number of hydrogen-bond acceptors (Lipinski definition) is 3. The molecule has 3 rings (SSSR count). The molecule has 1 aliphatic rings. The lowest BCUT2D eigenvalue weighted by Gasteiger charge is -2.23. The van der Waals surface area contributed by atoms with Crippen molar-refractivity contribution in [3.63, 3.8) is 0 Å². The van der Waals surface area contributed by atoms with Crippen molar-refractivity contribution >= 4 is 32.5 Å². The fourth-order valence-corrected chi connectivity index (χ4v) is 4.87. The van der Waals surface area contributed by atoms with E-state index < -0.39 is 10.0 Å². The summed E-state index contributed by atoms with van der Waals surface area (Å²) < 4.78 is 27.2. The Bertz CT molecular complexity index is 776. The molecular formula is C15H17ClN2O2S. The number of fused-ring (bicyclic) bond motifs is 1. The van der Waals surface area contributed by atoms with Gasteiger partial charge in [0.15, 0.2) is 0 Å². The minimum atomic E-state index is -3.43. The zero-order chi connectivity index (χ0) is 15.0. The van der Waals surface area contributed by atoms with Crippen LogP contribution < -0.4 is 0 Å². The quantitative estimate of drug-likeness (QED) is 0.812. The summed E-state index contributed by atoms with van der Waals surface area (Å²) in [5.41, 5.74) is 0.704. The van der Waals surface area contributed by atoms with Gasteiger partial charge in [0, 0.05) is 18.0 Å². The first-order chi connectivity index (χ1) is 10.0. The Morgan fingerprint density at radius 2 is 2.14 bits per heavy atom. The van der Waals surface area contributed by atoms with E-state index in [2.05, 4.69) is 4.98 Å². The Morgan fingerprint density at radius 1 is 1.33 bits per heavy atom. The lowest BCUT2D eigenvalue weighted by molar-refractivity contribution is 0.379. The Kier molecular flexibility index (Phi) is 3.90. The van der Waals surface area contributed by atoms with Gasteiger partial charge in [-0.15, -0.1) is 0 Å². The molecular weight excluding hydrogens is 308 g/mol. The molecule has 21 heavy (non-hydrogen) atoms. The normalized spacial score (nSPS) is 20.2. The Hall–Kier alpha value is -1.17. The fraction of sp³-hybridized carbons (Fsp3) is 0.400. The van der Waals surface area contributed by atoms with Crippen LogP contribution in [0.15, 0.2) is 35.2 Å². The van der Waals surface area contributed by atoms with Gasteiger partial charge in [-0.1, -0.05) is 18.5 Å². The van der Waals surface area contributed by atoms with Gasteiger partial charge in [-0.2, -0.15) is 4.31 Å². The van der Waals surface area contributed by atoms with Crippen LogP contribution in [0.2, 0.25) is 5.15 Å². The maximum Gasteiger partial charge on any atom is 0.243 e. The van der Waals surface area contributed by atoms with Crippen LogP contribution in [0.4, 0.5) is 0 Å². The zero-order valence-corrected chi connectivity index (χ0v) is 13.4. The van der Waals surface area contributed by atoms with Crippen LogP contribution in [0.1, 0.15) is 26.2 Å². The van der Waals surface area contributed by atoms with Crippen LogP contribution in [-0.2, 0) is 10.0 Å². The average Bonchev–Trinajstić information content (AvgIpc) is 2.95. The summed E-state index contributed by atoms with van der Waals surface area (Å²) in [4.78, 5) is 4.52. The van der Waals surface area contributed by atoms with E-state index in [1.54, 1.807) is 34.6 Å². The van der Waals surface area contributed by atoms with Crippen LogP contribution in [0, 0.1) is 0 Å². The van der Waals surface area contributed by atoms with E-state index in [4.69, 9.17) is 11.6 Å². The first-order valence-corrected chi connectivity index (χ1v) is 8.92. The van der Waals surface area contributed by atoms with Gasteiger partial charge in [0.25, 0.3) is 0 Å². The van der Waals surface area contributed by atoms with Crippen molar-refractivity contribution < 1.29 is 8.42 Å². The summed E-state index contributed by atoms with van der Waals surface area (Å²) in [6.07, 6.45) is 2.73. The van der Waals surface area contributed by atoms with Gasteiger partial charge in [-0.05, 0) is 49.6 Å². The maximum atomic E-state index is 12.8. The van der Waals surface area contributed by atoms with Crippen LogP contribution >= 0.6 is 11.6 Å². The summed E-state index contributed by atoms with van der Waals surface area (Å²) >= 11 is 5.85. The number of pyridine rings is 1. The number of hydrogen-bond donors (Lipinski definition) is 0. The number of halogens is 1. The summed E-state index contributed by atoms with van der Waals surface area (Å²) in [5.74, 6) is 0. The van der Waals surface area contributed by atoms with E-state index in [0.29, 0.717) is 22.1 Å². The van der Waals surface area contributed by atoms with Crippen molar-refractivity contribution in [3.8, 4) is 0 Å². The number of nitrogens with zero attached hydrogens (tertiary/aromatic N) is 2. The van der Waals surface area contributed by atoms with E-state index in [1.807, 2.05) is 6.92 Å². The zero-order valence-electron chi connectivity index (χ0n) is 11.8. The molecule has 0 aliphatic carbocycles. The van der Waals surface area contributed by atoms with Gasteiger partial charge in [0.05, 0.1) is 10.4 Å². The molecule has 6 heteroatoms. The topological polar surface area (TPSA) is 50.3 Å². The summed E-state index contributed by atoms with van der Waals surface area (Å²) in [7, 11) is -3.43. The summed E-state index contributed by atoms with van der Waals surface area (Å²) in [6, 6.07) is 8.60. The average molecular weight is 325 g/mol. The van der Waals surface area contributed by atoms with Crippen LogP contribution in [0.5, 0.6) is 0 Å². The molecule has 1 aliphatic heterocycles. The van der Waals surface area contributed by atoms with E-state index in [0.717, 1.165) is 24.6 Å². The standard InChI is InChI=1S/C15H17ClN2O2S/c1-2-12-4-3-9-18(12)21(19,20)13-6-7-14-11(10-13)5-8-15(16)17-14/h5-8,10,12H,2-4,9H2,1H3. The van der Waals surface area contributed by atoms with Gasteiger partial charge < -0.3 is 0 Å². The Balaban J connectivity index is 2.04. The predicted octanol–water partition coefficient (Wildman–Crippen LogP) is 3.45. The van der Waals surface area contributed by atoms with Crippen molar-refractivity contribution in [3.05, 3.63) is 35.5 Å². The number of benzene rings is 1. The van der Waals surface area contributed by atoms with E-state index in [9.17, 15) is 8.42 Å². The second kappa shape index (κ2) is 5.55. The molecule has 0 saturated carbocycles. The highest BCUT2D eigenvalue weighted by molar-refractivity contribution is 7.89. The van der Waals surface area contributed by atoms with Crippen molar-refractivity contribution in [2.75, 3.05) is 6.54 Å². The highest BCUT2D eigenvalue weighted by atomic mass is 35.5. The molecule has 4 nitrogen and oxygen atoms in total. The van der Waals surface area contributed by atoms with Crippen LogP contribution in [-0.4, -0.2) is 30.3 Å². The van der Waals surface area contributed by atoms with Crippen molar-refractivity contribution in [2.24, 2.45) is 0 Å². The third-order valence-electron chi connectivity index (χ3n) is 4.03. The molecule has 2 heterocycles. The van der Waals surface area contributed by atoms with E-state index in [1.165, 1.54) is 0 Å². The lowest BCUT2D eigenvalue weighted by Crippen LogP contribution is -2.35. The number of aromatic nitrogens is 1. The third-order valence-corrected chi connectivity index (χ3v) is 6.19. The van der Waals surface area contributed by atoms with Gasteiger partial charge in [-0.25, -0.2) is 13.4 Å². The van der Waals surface area contributed by atoms with Crippen molar-refractivity contribution in [1.82, 2.24) is 9.29 Å². The van der Waals surface area contributed by atoms with Crippen molar-refractivity contribution in [1.29, 1.82) is 0 Å². The second-order valence-corrected chi connectivity index (χ2v) is 7.59. The minimum absolute atomic E-state index is 0.119. The Morgan fingerprint density at radius 3 is 2.90 bits per heavy atom. The molecule has 0 radical (unpaired) electrons. The highest BCUT2D eigenvalue weighted by Gasteiger charge is 2.34. The summed E-state index contributed by atoms with van der Waals surface area (Å²) in [6.45, 7) is 2.64. The van der Waals surface area contributed by atoms with Gasteiger partial charge in [0.2, 0.25) is 10.0 Å². The molecule has 1 unspecified atom stereocenters. The third kappa shape index (κ3) is 2.65. The number of rotatable bonds is 3. The first-order valence-electron chi connectivity index (χ1n) is 7.10. The largest absolute Gasteiger partial charge is 0.243 e. The molecule has 1 fully saturated rings. The lowest BCUT2D eigenvalue weighted by atomic mass is 10.2. The van der Waals surface area contributed by atoms with E-state index >= 15 is 0 Å². The molecule has 1 atom stereocenters. The van der Waals surface area contributed by atoms with E-state index in [-0.39, 0.29) is 6.04 Å². The van der Waals surface area contributed by atoms with Gasteiger partial charge in [0.1, 0.15) is 5.15 Å². The second-order valence-electron chi connectivity index (χ2n) is 5.31. The van der Waals surface area contributed by atoms with Crippen LogP contribution in [0.3, 0.4) is 0 Å². The smallest absolute Gasteiger partial charge is 0.236 e. The molecule has 0 spiro atoms.